The Morgan fingerprint density at radius 1 is 1.18 bits per heavy atom. The van der Waals surface area contributed by atoms with E-state index in [2.05, 4.69) is 47.1 Å². The van der Waals surface area contributed by atoms with Gasteiger partial charge in [0.1, 0.15) is 0 Å². The lowest BCUT2D eigenvalue weighted by atomic mass is 9.77. The van der Waals surface area contributed by atoms with Crippen LogP contribution in [0.3, 0.4) is 0 Å². The average Bonchev–Trinajstić information content (AvgIpc) is 2.39. The summed E-state index contributed by atoms with van der Waals surface area (Å²) in [4.78, 5) is 1.46. The zero-order valence-electron chi connectivity index (χ0n) is 10.5. The number of hydrogen-bond donors (Lipinski definition) is 0. The van der Waals surface area contributed by atoms with Crippen LogP contribution in [0, 0.1) is 12.3 Å². The molecule has 0 amide bonds. The summed E-state index contributed by atoms with van der Waals surface area (Å²) >= 11 is 5.79. The highest BCUT2D eigenvalue weighted by atomic mass is 79.9. The van der Waals surface area contributed by atoms with E-state index in [0.717, 1.165) is 0 Å². The molecule has 0 atom stereocenters. The average molecular weight is 313 g/mol. The molecule has 1 fully saturated rings. The molecule has 0 unspecified atom stereocenters. The van der Waals surface area contributed by atoms with Crippen molar-refractivity contribution in [2.24, 2.45) is 5.41 Å². The third kappa shape index (κ3) is 3.51. The molecule has 0 spiro atoms. The molecule has 17 heavy (non-hydrogen) atoms. The van der Waals surface area contributed by atoms with E-state index in [0.29, 0.717) is 5.41 Å². The van der Waals surface area contributed by atoms with Crippen LogP contribution in [-0.2, 0) is 0 Å². The van der Waals surface area contributed by atoms with Crippen molar-refractivity contribution < 1.29 is 0 Å². The van der Waals surface area contributed by atoms with Gasteiger partial charge in [0.2, 0.25) is 0 Å². The van der Waals surface area contributed by atoms with Gasteiger partial charge in [-0.2, -0.15) is 0 Å². The van der Waals surface area contributed by atoms with Crippen molar-refractivity contribution in [3.05, 3.63) is 29.8 Å². The van der Waals surface area contributed by atoms with Crippen LogP contribution in [0.2, 0.25) is 0 Å². The molecule has 1 aromatic rings. The first kappa shape index (κ1) is 13.5. The Bertz CT molecular complexity index is 356. The Morgan fingerprint density at radius 2 is 1.88 bits per heavy atom. The van der Waals surface area contributed by atoms with E-state index in [1.54, 1.807) is 0 Å². The Kier molecular flexibility index (Phi) is 4.98. The topological polar surface area (TPSA) is 0 Å². The fourth-order valence-electron chi connectivity index (χ4n) is 2.57. The van der Waals surface area contributed by atoms with Gasteiger partial charge in [-0.3, -0.25) is 0 Å². The van der Waals surface area contributed by atoms with E-state index in [4.69, 9.17) is 0 Å². The van der Waals surface area contributed by atoms with Gasteiger partial charge in [-0.1, -0.05) is 53.4 Å². The Hall–Kier alpha value is 0.0500. The van der Waals surface area contributed by atoms with Crippen LogP contribution in [0.15, 0.2) is 29.2 Å². The second-order valence-corrected chi connectivity index (χ2v) is 6.83. The van der Waals surface area contributed by atoms with Crippen LogP contribution in [0.5, 0.6) is 0 Å². The summed E-state index contributed by atoms with van der Waals surface area (Å²) in [5, 5.41) is 1.17. The Labute approximate surface area is 118 Å². The summed E-state index contributed by atoms with van der Waals surface area (Å²) in [5.41, 5.74) is 1.96. The zero-order chi connectivity index (χ0) is 12.1. The summed E-state index contributed by atoms with van der Waals surface area (Å²) in [6, 6.07) is 8.74. The van der Waals surface area contributed by atoms with E-state index in [-0.39, 0.29) is 0 Å². The molecule has 1 aromatic carbocycles. The lowest BCUT2D eigenvalue weighted by Crippen LogP contribution is -2.28. The molecule has 1 aliphatic rings. The Balaban J connectivity index is 1.98. The van der Waals surface area contributed by atoms with Crippen LogP contribution in [0.4, 0.5) is 0 Å². The molecule has 0 aliphatic heterocycles. The molecule has 1 saturated carbocycles. The SMILES string of the molecule is Cc1ccccc1SCC1(CBr)CCCCC1. The monoisotopic (exact) mass is 312 g/mol. The number of halogens is 1. The predicted molar refractivity (Wildman–Crippen MR) is 81.2 cm³/mol. The van der Waals surface area contributed by atoms with Crippen molar-refractivity contribution in [3.8, 4) is 0 Å². The fraction of sp³-hybridized carbons (Fsp3) is 0.600. The second-order valence-electron chi connectivity index (χ2n) is 5.25. The highest BCUT2D eigenvalue weighted by molar-refractivity contribution is 9.09. The zero-order valence-corrected chi connectivity index (χ0v) is 12.9. The van der Waals surface area contributed by atoms with Gasteiger partial charge in [0.05, 0.1) is 0 Å². The molecular weight excluding hydrogens is 292 g/mol. The summed E-state index contributed by atoms with van der Waals surface area (Å²) in [5.74, 6) is 1.27. The number of alkyl halides is 1. The highest BCUT2D eigenvalue weighted by Crippen LogP contribution is 2.42. The minimum Gasteiger partial charge on any atom is -0.125 e. The lowest BCUT2D eigenvalue weighted by molar-refractivity contribution is 0.260. The number of aryl methyl sites for hydroxylation is 1. The molecule has 0 saturated heterocycles. The standard InChI is InChI=1S/C15H21BrS/c1-13-7-3-4-8-14(13)17-12-15(11-16)9-5-2-6-10-15/h3-4,7-8H,2,5-6,9-12H2,1H3. The maximum Gasteiger partial charge on any atom is 0.0101 e. The highest BCUT2D eigenvalue weighted by Gasteiger charge is 2.30. The fourth-order valence-corrected chi connectivity index (χ4v) is 4.91. The second kappa shape index (κ2) is 6.29. The van der Waals surface area contributed by atoms with Gasteiger partial charge in [0.15, 0.2) is 0 Å². The first-order valence-electron chi connectivity index (χ1n) is 6.50. The molecule has 0 bridgehead atoms. The van der Waals surface area contributed by atoms with Gasteiger partial charge in [0.25, 0.3) is 0 Å². The first-order chi connectivity index (χ1) is 8.26. The maximum atomic E-state index is 3.75. The van der Waals surface area contributed by atoms with E-state index in [1.807, 2.05) is 11.8 Å². The minimum absolute atomic E-state index is 0.547. The number of hydrogen-bond acceptors (Lipinski definition) is 1. The summed E-state index contributed by atoms with van der Waals surface area (Å²) in [7, 11) is 0. The molecule has 0 heterocycles. The van der Waals surface area contributed by atoms with Crippen LogP contribution in [0.1, 0.15) is 37.7 Å². The van der Waals surface area contributed by atoms with Crippen LogP contribution >= 0.6 is 27.7 Å². The van der Waals surface area contributed by atoms with Crippen molar-refractivity contribution in [1.82, 2.24) is 0 Å². The van der Waals surface area contributed by atoms with E-state index < -0.39 is 0 Å². The molecule has 2 heteroatoms. The van der Waals surface area contributed by atoms with Gasteiger partial charge in [-0.05, 0) is 36.8 Å². The van der Waals surface area contributed by atoms with Gasteiger partial charge < -0.3 is 0 Å². The molecule has 0 N–H and O–H groups in total. The molecule has 0 aromatic heterocycles. The molecular formula is C15H21BrS. The van der Waals surface area contributed by atoms with Gasteiger partial charge in [0, 0.05) is 16.0 Å². The number of thioether (sulfide) groups is 1. The Morgan fingerprint density at radius 3 is 2.53 bits per heavy atom. The van der Waals surface area contributed by atoms with Gasteiger partial charge in [-0.25, -0.2) is 0 Å². The minimum atomic E-state index is 0.547. The molecule has 2 rings (SSSR count). The predicted octanol–water partition coefficient (Wildman–Crippen LogP) is 5.43. The van der Waals surface area contributed by atoms with E-state index in [9.17, 15) is 0 Å². The molecule has 1 aliphatic carbocycles. The van der Waals surface area contributed by atoms with Crippen molar-refractivity contribution in [2.45, 2.75) is 43.9 Å². The summed E-state index contributed by atoms with van der Waals surface area (Å²) in [6.45, 7) is 2.21. The molecule has 0 nitrogen and oxygen atoms in total. The van der Waals surface area contributed by atoms with Crippen molar-refractivity contribution in [1.29, 1.82) is 0 Å². The van der Waals surface area contributed by atoms with Crippen LogP contribution in [-0.4, -0.2) is 11.1 Å². The largest absolute Gasteiger partial charge is 0.125 e. The van der Waals surface area contributed by atoms with E-state index in [1.165, 1.54) is 53.6 Å². The van der Waals surface area contributed by atoms with Gasteiger partial charge in [-0.15, -0.1) is 11.8 Å². The maximum absolute atomic E-state index is 3.75. The normalized spacial score (nSPS) is 19.2. The summed E-state index contributed by atoms with van der Waals surface area (Å²) < 4.78 is 0. The first-order valence-corrected chi connectivity index (χ1v) is 8.61. The lowest BCUT2D eigenvalue weighted by Gasteiger charge is -2.35. The van der Waals surface area contributed by atoms with Crippen molar-refractivity contribution in [3.63, 3.8) is 0 Å². The summed E-state index contributed by atoms with van der Waals surface area (Å²) in [6.07, 6.45) is 7.07. The van der Waals surface area contributed by atoms with Crippen LogP contribution in [0.25, 0.3) is 0 Å². The third-order valence-corrected chi connectivity index (χ3v) is 6.54. The van der Waals surface area contributed by atoms with Gasteiger partial charge >= 0.3 is 0 Å². The molecule has 94 valence electrons. The quantitative estimate of drug-likeness (QED) is 0.527. The van der Waals surface area contributed by atoms with Crippen molar-refractivity contribution in [2.75, 3.05) is 11.1 Å². The third-order valence-electron chi connectivity index (χ3n) is 3.83. The molecule has 0 radical (unpaired) electrons. The van der Waals surface area contributed by atoms with Crippen molar-refractivity contribution >= 4 is 27.7 Å². The smallest absolute Gasteiger partial charge is 0.0101 e. The van der Waals surface area contributed by atoms with E-state index >= 15 is 0 Å². The van der Waals surface area contributed by atoms with Crippen LogP contribution < -0.4 is 0 Å². The number of benzene rings is 1. The number of rotatable bonds is 4.